The van der Waals surface area contributed by atoms with Gasteiger partial charge in [-0.2, -0.15) is 0 Å². The molecule has 5 aliphatic rings. The fourth-order valence-corrected chi connectivity index (χ4v) is 9.51. The number of methoxy groups -OCH3 is 2. The first-order valence-corrected chi connectivity index (χ1v) is 25.1. The molecule has 0 unspecified atom stereocenters. The number of para-hydroxylation sites is 2. The van der Waals surface area contributed by atoms with Crippen LogP contribution in [0, 0.1) is 11.8 Å². The van der Waals surface area contributed by atoms with E-state index in [9.17, 15) is 44.7 Å². The Hall–Kier alpha value is -6.19. The molecule has 0 spiro atoms. The molecule has 1 saturated heterocycles. The summed E-state index contributed by atoms with van der Waals surface area (Å²) in [6.45, 7) is 0.0434. The van der Waals surface area contributed by atoms with Crippen molar-refractivity contribution in [2.45, 2.75) is 112 Å². The fraction of sp³-hybridized carbons (Fsp3) is 0.429. The van der Waals surface area contributed by atoms with Gasteiger partial charge in [0.15, 0.2) is 18.3 Å². The quantitative estimate of drug-likeness (QED) is 0.0604. The summed E-state index contributed by atoms with van der Waals surface area (Å²) < 4.78 is 26.3. The first-order chi connectivity index (χ1) is 35.8. The smallest absolute Gasteiger partial charge is 0.338 e. The zero-order valence-electron chi connectivity index (χ0n) is 41.9. The lowest BCUT2D eigenvalue weighted by Crippen LogP contribution is -2.56. The molecule has 18 nitrogen and oxygen atoms in total. The van der Waals surface area contributed by atoms with Crippen LogP contribution < -0.4 is 31.2 Å². The van der Waals surface area contributed by atoms with Gasteiger partial charge in [-0.15, -0.1) is 12.4 Å². The third-order valence-corrected chi connectivity index (χ3v) is 13.7. The standard InChI is InChI=1S/C28H34N2O7.C15H14N2O2.C13H20O5.ClH/c1-36-26(25(33)24(32)21(31)15-14-17-8-5-6-9-17)28(35)29-20-16-37-22-13-7-12-19(23(22)30-27(20)34)18-10-3-2-4-11-18;16-12-9-19-13-8-4-7-11(14(13)17-15(12)18)10-5-2-1-3-6-10;1-17-12-10(15)11(18-13(12)16)9(14)7-6-8-4-2-3-5-8;/h2-4,7,10-15,17,20-21,24-26,31-33H,5-6,8-9,16H2,1H3,(H,29,35)(H,30,34);1-8,12H,9,16H2,(H,17,18);6-12,14-15H,2-5H2,1H3;1H/b15-14+;;7-6+;/t20-,21+,24-,25+,26+;12-;9-,10-,11+,12-;/m001./s1. The van der Waals surface area contributed by atoms with Crippen LogP contribution in [-0.2, 0) is 33.4 Å². The van der Waals surface area contributed by atoms with Gasteiger partial charge in [0.2, 0.25) is 5.91 Å². The van der Waals surface area contributed by atoms with Crippen LogP contribution in [0.1, 0.15) is 51.4 Å². The highest BCUT2D eigenvalue weighted by Crippen LogP contribution is 2.39. The number of benzene rings is 4. The Morgan fingerprint density at radius 3 is 1.71 bits per heavy atom. The van der Waals surface area contributed by atoms with Crippen LogP contribution in [-0.4, -0.2) is 138 Å². The predicted octanol–water partition coefficient (Wildman–Crippen LogP) is 4.84. The van der Waals surface area contributed by atoms with Crippen LogP contribution in [0.25, 0.3) is 22.3 Å². The van der Waals surface area contributed by atoms with Gasteiger partial charge in [0.1, 0.15) is 67.3 Å². The first-order valence-electron chi connectivity index (χ1n) is 25.1. The van der Waals surface area contributed by atoms with Crippen LogP contribution >= 0.6 is 12.4 Å². The summed E-state index contributed by atoms with van der Waals surface area (Å²) in [6.07, 6.45) is 5.54. The first kappa shape index (κ1) is 58.1. The van der Waals surface area contributed by atoms with Crippen LogP contribution in [0.2, 0.25) is 0 Å². The van der Waals surface area contributed by atoms with Crippen molar-refractivity contribution in [3.63, 3.8) is 0 Å². The van der Waals surface area contributed by atoms with E-state index in [2.05, 4.69) is 16.0 Å². The largest absolute Gasteiger partial charge is 0.489 e. The summed E-state index contributed by atoms with van der Waals surface area (Å²) in [5.74, 6) is -0.220. The number of rotatable bonds is 14. The molecule has 2 saturated carbocycles. The Balaban J connectivity index is 0.000000201. The SMILES string of the molecule is CO[C@@H](C(=O)N[C@H]1COc2cccc(-c3ccccc3)c2NC1=O)[C@H](O)[C@@H](O)[C@H](O)/C=C/C1CCCC1.CO[C@H]1C(=O)O[C@@H]([C@H](O)/C=C/C2CCCC2)[C@H]1O.Cl.N[C@H]1COc2cccc(-c3ccccc3)c2NC1=O. The molecule has 3 aliphatic heterocycles. The second-order valence-corrected chi connectivity index (χ2v) is 18.9. The molecule has 4 aromatic rings. The summed E-state index contributed by atoms with van der Waals surface area (Å²) in [7, 11) is 2.53. The van der Waals surface area contributed by atoms with Gasteiger partial charge in [0.25, 0.3) is 11.8 Å². The summed E-state index contributed by atoms with van der Waals surface area (Å²) in [6, 6.07) is 28.7. The van der Waals surface area contributed by atoms with E-state index in [-0.39, 0.29) is 31.5 Å². The molecule has 2 aliphatic carbocycles. The molecule has 3 fully saturated rings. The Morgan fingerprint density at radius 1 is 0.693 bits per heavy atom. The normalized spacial score (nSPS) is 23.5. The molecule has 3 amide bonds. The van der Waals surface area contributed by atoms with E-state index in [1.54, 1.807) is 12.1 Å². The van der Waals surface area contributed by atoms with Gasteiger partial charge in [-0.05, 0) is 60.8 Å². The molecule has 4 aromatic carbocycles. The third kappa shape index (κ3) is 15.0. The van der Waals surface area contributed by atoms with Crippen LogP contribution in [0.3, 0.4) is 0 Å². The maximum Gasteiger partial charge on any atom is 0.338 e. The van der Waals surface area contributed by atoms with Gasteiger partial charge in [0.05, 0.1) is 11.4 Å². The van der Waals surface area contributed by atoms with E-state index in [0.717, 1.165) is 60.8 Å². The van der Waals surface area contributed by atoms with Gasteiger partial charge in [-0.25, -0.2) is 4.79 Å². The molecular weight excluding hydrogens is 988 g/mol. The van der Waals surface area contributed by atoms with Crippen LogP contribution in [0.5, 0.6) is 11.5 Å². The van der Waals surface area contributed by atoms with Gasteiger partial charge in [0, 0.05) is 25.3 Å². The van der Waals surface area contributed by atoms with Crippen molar-refractivity contribution in [2.24, 2.45) is 17.6 Å². The predicted molar refractivity (Wildman–Crippen MR) is 283 cm³/mol. The second kappa shape index (κ2) is 28.1. The number of esters is 1. The minimum atomic E-state index is -1.73. The van der Waals surface area contributed by atoms with Crippen molar-refractivity contribution in [3.05, 3.63) is 121 Å². The Labute approximate surface area is 442 Å². The van der Waals surface area contributed by atoms with E-state index < -0.39 is 78.7 Å². The number of allylic oxidation sites excluding steroid dienone is 2. The van der Waals surface area contributed by atoms with Crippen molar-refractivity contribution in [3.8, 4) is 33.8 Å². The van der Waals surface area contributed by atoms with Crippen molar-refractivity contribution in [1.29, 1.82) is 0 Å². The minimum Gasteiger partial charge on any atom is -0.489 e. The number of amides is 3. The molecule has 10 N–H and O–H groups in total. The van der Waals surface area contributed by atoms with E-state index >= 15 is 0 Å². The molecule has 3 heterocycles. The molecule has 0 bridgehead atoms. The lowest BCUT2D eigenvalue weighted by molar-refractivity contribution is -0.151. The molecule has 75 heavy (non-hydrogen) atoms. The monoisotopic (exact) mass is 1060 g/mol. The lowest BCUT2D eigenvalue weighted by Gasteiger charge is -2.28. The number of halogens is 1. The average molecular weight is 1060 g/mol. The Kier molecular flexibility index (Phi) is 21.7. The highest BCUT2D eigenvalue weighted by Gasteiger charge is 2.47. The van der Waals surface area contributed by atoms with Gasteiger partial charge in [-0.3, -0.25) is 14.4 Å². The van der Waals surface area contributed by atoms with Crippen molar-refractivity contribution in [1.82, 2.24) is 5.32 Å². The Morgan fingerprint density at radius 2 is 1.20 bits per heavy atom. The number of aliphatic hydroxyl groups excluding tert-OH is 5. The lowest BCUT2D eigenvalue weighted by atomic mass is 9.99. The highest BCUT2D eigenvalue weighted by atomic mass is 35.5. The molecular formula is C56H69ClN4O14. The molecule has 19 heteroatoms. The topological polar surface area (TPSA) is 278 Å². The zero-order valence-corrected chi connectivity index (χ0v) is 42.8. The van der Waals surface area contributed by atoms with Crippen molar-refractivity contribution < 1.29 is 68.4 Å². The third-order valence-electron chi connectivity index (χ3n) is 13.7. The zero-order chi connectivity index (χ0) is 52.7. The number of nitrogens with two attached hydrogens (primary N) is 1. The number of carbonyl (C=O) groups excluding carboxylic acids is 4. The minimum absolute atomic E-state index is 0. The number of nitrogens with one attached hydrogen (secondary N) is 3. The molecule has 0 radical (unpaired) electrons. The maximum absolute atomic E-state index is 13.0. The summed E-state index contributed by atoms with van der Waals surface area (Å²) in [5.41, 5.74) is 10.5. The van der Waals surface area contributed by atoms with Gasteiger partial charge >= 0.3 is 5.97 Å². The van der Waals surface area contributed by atoms with E-state index in [1.165, 1.54) is 33.1 Å². The van der Waals surface area contributed by atoms with Crippen molar-refractivity contribution >= 4 is 47.5 Å². The molecule has 404 valence electrons. The summed E-state index contributed by atoms with van der Waals surface area (Å²) >= 11 is 0. The van der Waals surface area contributed by atoms with Gasteiger partial charge in [-0.1, -0.05) is 135 Å². The number of ether oxygens (including phenoxy) is 5. The number of cyclic esters (lactones) is 1. The van der Waals surface area contributed by atoms with Crippen LogP contribution in [0.15, 0.2) is 121 Å². The summed E-state index contributed by atoms with van der Waals surface area (Å²) in [4.78, 5) is 49.2. The number of hydrogen-bond acceptors (Lipinski definition) is 15. The highest BCUT2D eigenvalue weighted by molar-refractivity contribution is 6.03. The number of aliphatic hydroxyl groups is 5. The van der Waals surface area contributed by atoms with Crippen molar-refractivity contribution in [2.75, 3.05) is 38.1 Å². The average Bonchev–Trinajstić information content (AvgIpc) is 4.17. The Bertz CT molecular complexity index is 2560. The maximum atomic E-state index is 13.0. The number of hydrogen-bond donors (Lipinski definition) is 9. The van der Waals surface area contributed by atoms with E-state index in [1.807, 2.05) is 103 Å². The fourth-order valence-electron chi connectivity index (χ4n) is 9.51. The van der Waals surface area contributed by atoms with E-state index in [0.29, 0.717) is 34.7 Å². The molecule has 0 aromatic heterocycles. The number of fused-ring (bicyclic) bond motifs is 2. The van der Waals surface area contributed by atoms with Crippen LogP contribution in [0.4, 0.5) is 11.4 Å². The second-order valence-electron chi connectivity index (χ2n) is 18.9. The number of carbonyl (C=O) groups is 4. The molecule has 9 rings (SSSR count). The summed E-state index contributed by atoms with van der Waals surface area (Å²) in [5, 5.41) is 59.4. The van der Waals surface area contributed by atoms with E-state index in [4.69, 9.17) is 29.4 Å². The van der Waals surface area contributed by atoms with Gasteiger partial charge < -0.3 is 70.9 Å². The molecule has 10 atom stereocenters. The number of anilines is 2.